The number of nitrogens with one attached hydrogen (secondary N) is 1. The van der Waals surface area contributed by atoms with E-state index in [-0.39, 0.29) is 25.5 Å². The van der Waals surface area contributed by atoms with Gasteiger partial charge in [0.05, 0.1) is 24.3 Å². The van der Waals surface area contributed by atoms with Crippen molar-refractivity contribution >= 4 is 40.3 Å². The number of aromatic amines is 1. The van der Waals surface area contributed by atoms with Crippen LogP contribution in [0.3, 0.4) is 0 Å². The number of para-hydroxylation sites is 1. The number of imide groups is 1. The van der Waals surface area contributed by atoms with E-state index in [0.717, 1.165) is 26.9 Å². The molecular weight excluding hydrogens is 494 g/mol. The fourth-order valence-corrected chi connectivity index (χ4v) is 5.04. The number of rotatable bonds is 8. The van der Waals surface area contributed by atoms with Crippen LogP contribution in [0.4, 0.5) is 5.69 Å². The van der Waals surface area contributed by atoms with E-state index in [1.165, 1.54) is 17.0 Å². The monoisotopic (exact) mass is 523 g/mol. The number of benzene rings is 3. The number of aryl methyl sites for hydroxylation is 1. The van der Waals surface area contributed by atoms with Gasteiger partial charge in [-0.15, -0.1) is 0 Å². The lowest BCUT2D eigenvalue weighted by Gasteiger charge is -2.28. The molecule has 1 atom stereocenters. The smallest absolute Gasteiger partial charge is 0.338 e. The number of carbonyl (C=O) groups excluding carboxylic acids is 4. The standard InChI is InChI=1S/C31H29N3O5/c1-3-39-31(38)21-12-14-23(15-13-21)34-28(35)18-27(30(34)37)33(29(36)24-9-5-4-8-20(24)2)17-16-22-19-32-26-11-7-6-10-25(22)26/h4-15,19,27,32H,3,16-18H2,1-2H3. The van der Waals surface area contributed by atoms with E-state index in [0.29, 0.717) is 23.2 Å². The van der Waals surface area contributed by atoms with Crippen molar-refractivity contribution < 1.29 is 23.9 Å². The zero-order chi connectivity index (χ0) is 27.5. The largest absolute Gasteiger partial charge is 0.462 e. The number of amides is 3. The van der Waals surface area contributed by atoms with E-state index in [9.17, 15) is 19.2 Å². The van der Waals surface area contributed by atoms with Crippen molar-refractivity contribution in [3.63, 3.8) is 0 Å². The van der Waals surface area contributed by atoms with Crippen LogP contribution in [-0.4, -0.2) is 52.8 Å². The Morgan fingerprint density at radius 1 is 1.00 bits per heavy atom. The van der Waals surface area contributed by atoms with Gasteiger partial charge in [-0.2, -0.15) is 0 Å². The Kier molecular flexibility index (Phi) is 7.27. The van der Waals surface area contributed by atoms with Crippen molar-refractivity contribution in [3.8, 4) is 0 Å². The lowest BCUT2D eigenvalue weighted by atomic mass is 10.0. The Balaban J connectivity index is 1.43. The van der Waals surface area contributed by atoms with Crippen molar-refractivity contribution in [2.24, 2.45) is 0 Å². The summed E-state index contributed by atoms with van der Waals surface area (Å²) >= 11 is 0. The highest BCUT2D eigenvalue weighted by atomic mass is 16.5. The average molecular weight is 524 g/mol. The van der Waals surface area contributed by atoms with E-state index >= 15 is 0 Å². The number of hydrogen-bond acceptors (Lipinski definition) is 5. The van der Waals surface area contributed by atoms with Crippen LogP contribution < -0.4 is 4.90 Å². The van der Waals surface area contributed by atoms with Crippen molar-refractivity contribution in [3.05, 3.63) is 101 Å². The number of nitrogens with zero attached hydrogens (tertiary/aromatic N) is 2. The number of carbonyl (C=O) groups is 4. The zero-order valence-corrected chi connectivity index (χ0v) is 21.8. The summed E-state index contributed by atoms with van der Waals surface area (Å²) < 4.78 is 5.01. The second-order valence-corrected chi connectivity index (χ2v) is 9.48. The molecule has 8 nitrogen and oxygen atoms in total. The van der Waals surface area contributed by atoms with Gasteiger partial charge in [0.15, 0.2) is 0 Å². The summed E-state index contributed by atoms with van der Waals surface area (Å²) in [5.41, 5.74) is 3.98. The van der Waals surface area contributed by atoms with Crippen LogP contribution in [0.1, 0.15) is 45.2 Å². The van der Waals surface area contributed by atoms with Gasteiger partial charge >= 0.3 is 5.97 Å². The third-order valence-electron chi connectivity index (χ3n) is 7.07. The Hall–Kier alpha value is -4.72. The predicted octanol–water partition coefficient (Wildman–Crippen LogP) is 4.67. The van der Waals surface area contributed by atoms with Gasteiger partial charge in [-0.3, -0.25) is 14.4 Å². The van der Waals surface area contributed by atoms with Crippen LogP contribution in [0.5, 0.6) is 0 Å². The van der Waals surface area contributed by atoms with Gasteiger partial charge in [0.1, 0.15) is 6.04 Å². The van der Waals surface area contributed by atoms with Crippen molar-refractivity contribution in [1.29, 1.82) is 0 Å². The molecule has 1 aromatic heterocycles. The minimum Gasteiger partial charge on any atom is -0.462 e. The lowest BCUT2D eigenvalue weighted by Crippen LogP contribution is -2.46. The van der Waals surface area contributed by atoms with Crippen molar-refractivity contribution in [1.82, 2.24) is 9.88 Å². The van der Waals surface area contributed by atoms with Gasteiger partial charge in [-0.1, -0.05) is 36.4 Å². The summed E-state index contributed by atoms with van der Waals surface area (Å²) in [6, 6.07) is 20.3. The Bertz CT molecular complexity index is 1560. The summed E-state index contributed by atoms with van der Waals surface area (Å²) in [7, 11) is 0. The normalized spacial score (nSPS) is 15.1. The molecule has 0 radical (unpaired) electrons. The van der Waals surface area contributed by atoms with Gasteiger partial charge in [0.2, 0.25) is 5.91 Å². The highest BCUT2D eigenvalue weighted by molar-refractivity contribution is 6.23. The summed E-state index contributed by atoms with van der Waals surface area (Å²) in [6.07, 6.45) is 2.30. The van der Waals surface area contributed by atoms with Crippen LogP contribution in [-0.2, 0) is 20.7 Å². The third-order valence-corrected chi connectivity index (χ3v) is 7.07. The van der Waals surface area contributed by atoms with Gasteiger partial charge in [0, 0.05) is 29.2 Å². The predicted molar refractivity (Wildman–Crippen MR) is 148 cm³/mol. The molecule has 1 saturated heterocycles. The SMILES string of the molecule is CCOC(=O)c1ccc(N2C(=O)CC(N(CCc3c[nH]c4ccccc34)C(=O)c3ccccc3C)C2=O)cc1. The van der Waals surface area contributed by atoms with E-state index in [4.69, 9.17) is 4.74 Å². The third kappa shape index (κ3) is 5.05. The molecule has 3 amide bonds. The van der Waals surface area contributed by atoms with Gasteiger partial charge < -0.3 is 14.6 Å². The molecule has 1 fully saturated rings. The minimum atomic E-state index is -0.945. The molecule has 4 aromatic rings. The molecule has 198 valence electrons. The molecule has 2 heterocycles. The lowest BCUT2D eigenvalue weighted by molar-refractivity contribution is -0.122. The Morgan fingerprint density at radius 3 is 2.46 bits per heavy atom. The van der Waals surface area contributed by atoms with Gasteiger partial charge in [-0.25, -0.2) is 9.69 Å². The highest BCUT2D eigenvalue weighted by Gasteiger charge is 2.44. The molecule has 0 bridgehead atoms. The van der Waals surface area contributed by atoms with E-state index in [1.54, 1.807) is 31.2 Å². The van der Waals surface area contributed by atoms with Crippen molar-refractivity contribution in [2.45, 2.75) is 32.7 Å². The average Bonchev–Trinajstić information content (AvgIpc) is 3.49. The van der Waals surface area contributed by atoms with Crippen LogP contribution in [0.15, 0.2) is 79.0 Å². The molecule has 0 saturated carbocycles. The van der Waals surface area contributed by atoms with Crippen LogP contribution in [0.2, 0.25) is 0 Å². The molecule has 1 N–H and O–H groups in total. The quantitative estimate of drug-likeness (QED) is 0.267. The number of anilines is 1. The molecule has 1 aliphatic heterocycles. The first kappa shape index (κ1) is 25.9. The second-order valence-electron chi connectivity index (χ2n) is 9.48. The molecule has 5 rings (SSSR count). The summed E-state index contributed by atoms with van der Waals surface area (Å²) in [6.45, 7) is 4.07. The first-order valence-corrected chi connectivity index (χ1v) is 12.9. The van der Waals surface area contributed by atoms with Gasteiger partial charge in [0.25, 0.3) is 11.8 Å². The summed E-state index contributed by atoms with van der Waals surface area (Å²) in [5.74, 6) is -1.64. The summed E-state index contributed by atoms with van der Waals surface area (Å²) in [5, 5.41) is 1.05. The summed E-state index contributed by atoms with van der Waals surface area (Å²) in [4.78, 5) is 58.5. The number of aromatic nitrogens is 1. The maximum absolute atomic E-state index is 13.8. The number of H-pyrrole nitrogens is 1. The maximum Gasteiger partial charge on any atom is 0.338 e. The number of ether oxygens (including phenoxy) is 1. The topological polar surface area (TPSA) is 99.8 Å². The molecule has 3 aromatic carbocycles. The maximum atomic E-state index is 13.8. The van der Waals surface area contributed by atoms with Crippen LogP contribution >= 0.6 is 0 Å². The first-order valence-electron chi connectivity index (χ1n) is 12.9. The van der Waals surface area contributed by atoms with E-state index < -0.39 is 23.8 Å². The van der Waals surface area contributed by atoms with Crippen LogP contribution in [0, 0.1) is 6.92 Å². The van der Waals surface area contributed by atoms with Crippen LogP contribution in [0.25, 0.3) is 10.9 Å². The van der Waals surface area contributed by atoms with E-state index in [1.807, 2.05) is 49.5 Å². The minimum absolute atomic E-state index is 0.121. The molecular formula is C31H29N3O5. The molecule has 0 aliphatic carbocycles. The molecule has 39 heavy (non-hydrogen) atoms. The highest BCUT2D eigenvalue weighted by Crippen LogP contribution is 2.28. The van der Waals surface area contributed by atoms with Gasteiger partial charge in [-0.05, 0) is 67.8 Å². The number of esters is 1. The first-order chi connectivity index (χ1) is 18.9. The van der Waals surface area contributed by atoms with Crippen molar-refractivity contribution in [2.75, 3.05) is 18.1 Å². The fourth-order valence-electron chi connectivity index (χ4n) is 5.04. The molecule has 1 unspecified atom stereocenters. The van der Waals surface area contributed by atoms with E-state index in [2.05, 4.69) is 4.98 Å². The second kappa shape index (κ2) is 10.9. The molecule has 1 aliphatic rings. The molecule has 0 spiro atoms. The Morgan fingerprint density at radius 2 is 1.72 bits per heavy atom. The number of hydrogen-bond donors (Lipinski definition) is 1. The molecule has 8 heteroatoms. The zero-order valence-electron chi connectivity index (χ0n) is 21.8. The Labute approximate surface area is 226 Å². The fraction of sp³-hybridized carbons (Fsp3) is 0.226. The number of fused-ring (bicyclic) bond motifs is 1.